The van der Waals surface area contributed by atoms with E-state index in [9.17, 15) is 4.21 Å². The molecule has 3 unspecified atom stereocenters. The van der Waals surface area contributed by atoms with E-state index in [0.717, 1.165) is 29.1 Å². The van der Waals surface area contributed by atoms with Gasteiger partial charge in [0, 0.05) is 44.6 Å². The van der Waals surface area contributed by atoms with Crippen molar-refractivity contribution in [1.82, 2.24) is 9.55 Å². The molecule has 0 bridgehead atoms. The minimum absolute atomic E-state index is 0.0988. The highest BCUT2D eigenvalue weighted by Crippen LogP contribution is 2.65. The van der Waals surface area contributed by atoms with E-state index in [2.05, 4.69) is 132 Å². The molecule has 4 atom stereocenters. The molecule has 4 heterocycles. The first kappa shape index (κ1) is 28.5. The number of nitrogens with zero attached hydrogens (tertiary/aromatic N) is 2. The molecule has 11 rings (SSSR count). The van der Waals surface area contributed by atoms with E-state index < -0.39 is 16.2 Å². The van der Waals surface area contributed by atoms with Crippen molar-refractivity contribution in [1.29, 1.82) is 0 Å². The standard InChI is InChI=1S/C46H34N2OS/c1-28-19-23-40-38(26-28)46(37-16-8-14-33-30-11-3-6-17-39(30)48(40)45(33)37)35-15-5-2-13-34(35)43-36(46)22-24-42-44(43)32(21-20-29-10-9-25-47-27-29)31-12-4-7-18-41(31)50(42)49/h2-19,22-25,27-28,32H,20-21,26H2,1H3/t28?,32-,46?,50?/m1/s1. The lowest BCUT2D eigenvalue weighted by Crippen LogP contribution is -2.36. The summed E-state index contributed by atoms with van der Waals surface area (Å²) in [4.78, 5) is 6.33. The molecule has 2 aliphatic carbocycles. The van der Waals surface area contributed by atoms with Crippen molar-refractivity contribution in [3.63, 3.8) is 0 Å². The molecule has 3 nitrogen and oxygen atoms in total. The molecule has 240 valence electrons. The molecule has 4 aliphatic rings. The zero-order valence-electron chi connectivity index (χ0n) is 27.8. The molecule has 2 aliphatic heterocycles. The Labute approximate surface area is 294 Å². The Hall–Kier alpha value is -5.32. The van der Waals surface area contributed by atoms with Crippen LogP contribution in [0.1, 0.15) is 59.1 Å². The van der Waals surface area contributed by atoms with E-state index in [1.807, 2.05) is 24.5 Å². The fourth-order valence-corrected chi connectivity index (χ4v) is 11.5. The lowest BCUT2D eigenvalue weighted by atomic mass is 9.62. The maximum Gasteiger partial charge on any atom is 0.0855 e. The van der Waals surface area contributed by atoms with Crippen molar-refractivity contribution in [2.45, 2.75) is 47.3 Å². The summed E-state index contributed by atoms with van der Waals surface area (Å²) in [6.45, 7) is 2.35. The Morgan fingerprint density at radius 3 is 2.54 bits per heavy atom. The summed E-state index contributed by atoms with van der Waals surface area (Å²) in [5, 5.41) is 2.59. The molecule has 7 aromatic rings. The van der Waals surface area contributed by atoms with Crippen LogP contribution in [-0.2, 0) is 22.6 Å². The lowest BCUT2D eigenvalue weighted by Gasteiger charge is -2.43. The third kappa shape index (κ3) is 3.54. The van der Waals surface area contributed by atoms with Crippen LogP contribution in [0.5, 0.6) is 0 Å². The third-order valence-electron chi connectivity index (χ3n) is 11.9. The molecule has 5 aromatic carbocycles. The average molecular weight is 663 g/mol. The zero-order chi connectivity index (χ0) is 33.1. The number of para-hydroxylation sites is 2. The van der Waals surface area contributed by atoms with Crippen LogP contribution < -0.4 is 0 Å². The van der Waals surface area contributed by atoms with Gasteiger partial charge >= 0.3 is 0 Å². The largest absolute Gasteiger partial charge is 0.309 e. The molecular weight excluding hydrogens is 629 g/mol. The van der Waals surface area contributed by atoms with Crippen molar-refractivity contribution < 1.29 is 4.21 Å². The van der Waals surface area contributed by atoms with E-state index in [-0.39, 0.29) is 5.92 Å². The van der Waals surface area contributed by atoms with Crippen molar-refractivity contribution in [3.8, 4) is 11.1 Å². The van der Waals surface area contributed by atoms with E-state index >= 15 is 0 Å². The Bertz CT molecular complexity index is 2680. The van der Waals surface area contributed by atoms with Gasteiger partial charge in [-0.2, -0.15) is 0 Å². The van der Waals surface area contributed by atoms with Crippen LogP contribution in [0.25, 0.3) is 38.6 Å². The maximum atomic E-state index is 14.6. The molecule has 0 radical (unpaired) electrons. The Balaban J connectivity index is 1.26. The van der Waals surface area contributed by atoms with Gasteiger partial charge in [-0.25, -0.2) is 4.21 Å². The van der Waals surface area contributed by atoms with Gasteiger partial charge < -0.3 is 4.57 Å². The Morgan fingerprint density at radius 1 is 0.800 bits per heavy atom. The summed E-state index contributed by atoms with van der Waals surface area (Å²) >= 11 is 0. The van der Waals surface area contributed by atoms with Crippen molar-refractivity contribution in [2.75, 3.05) is 0 Å². The fraction of sp³-hybridized carbons (Fsp3) is 0.152. The molecule has 2 aromatic heterocycles. The van der Waals surface area contributed by atoms with E-state index in [0.29, 0.717) is 5.92 Å². The molecule has 1 spiro atoms. The van der Waals surface area contributed by atoms with E-state index in [4.69, 9.17) is 0 Å². The quantitative estimate of drug-likeness (QED) is 0.189. The molecule has 0 fully saturated rings. The highest BCUT2D eigenvalue weighted by atomic mass is 32.2. The number of allylic oxidation sites excluding steroid dienone is 4. The number of aryl methyl sites for hydroxylation is 1. The minimum atomic E-state index is -1.27. The van der Waals surface area contributed by atoms with Crippen LogP contribution >= 0.6 is 0 Å². The number of aromatic nitrogens is 2. The number of fused-ring (bicyclic) bond motifs is 14. The second kappa shape index (κ2) is 10.3. The first-order chi connectivity index (χ1) is 24.7. The predicted molar refractivity (Wildman–Crippen MR) is 203 cm³/mol. The lowest BCUT2D eigenvalue weighted by molar-refractivity contribution is 0.608. The SMILES string of the molecule is CC1C=CC2=C(C1)C1(c3ccccc3-c3c1ccc1c3[C@H](CCc3cccnc3)c3ccccc3S1=O)c1cccc3c4ccccc4n2c13. The van der Waals surface area contributed by atoms with Gasteiger partial charge in [-0.3, -0.25) is 4.98 Å². The number of rotatable bonds is 3. The second-order valence-corrected chi connectivity index (χ2v) is 15.8. The van der Waals surface area contributed by atoms with Crippen molar-refractivity contribution in [3.05, 3.63) is 179 Å². The van der Waals surface area contributed by atoms with Crippen LogP contribution in [0.15, 0.2) is 155 Å². The molecule has 0 amide bonds. The molecule has 50 heavy (non-hydrogen) atoms. The van der Waals surface area contributed by atoms with Gasteiger partial charge in [-0.15, -0.1) is 0 Å². The zero-order valence-corrected chi connectivity index (χ0v) is 28.6. The second-order valence-electron chi connectivity index (χ2n) is 14.4. The van der Waals surface area contributed by atoms with Gasteiger partial charge in [0.2, 0.25) is 0 Å². The Kier molecular flexibility index (Phi) is 5.90. The molecular formula is C46H34N2OS. The summed E-state index contributed by atoms with van der Waals surface area (Å²) in [6.07, 6.45) is 11.4. The Morgan fingerprint density at radius 2 is 1.62 bits per heavy atom. The van der Waals surface area contributed by atoms with Crippen LogP contribution in [-0.4, -0.2) is 13.8 Å². The number of pyridine rings is 1. The molecule has 4 heteroatoms. The van der Waals surface area contributed by atoms with Crippen molar-refractivity contribution in [2.24, 2.45) is 5.92 Å². The highest BCUT2D eigenvalue weighted by Gasteiger charge is 2.53. The third-order valence-corrected chi connectivity index (χ3v) is 13.4. The average Bonchev–Trinajstić information content (AvgIpc) is 3.66. The molecule has 0 saturated carbocycles. The van der Waals surface area contributed by atoms with Crippen molar-refractivity contribution >= 4 is 38.3 Å². The topological polar surface area (TPSA) is 34.9 Å². The summed E-state index contributed by atoms with van der Waals surface area (Å²) in [6, 6.07) is 42.2. The normalized spacial score (nSPS) is 22.4. The van der Waals surface area contributed by atoms with Crippen LogP contribution in [0, 0.1) is 5.92 Å². The summed E-state index contributed by atoms with van der Waals surface area (Å²) in [5.74, 6) is 0.510. The summed E-state index contributed by atoms with van der Waals surface area (Å²) in [5.41, 5.74) is 15.1. The van der Waals surface area contributed by atoms with E-state index in [1.165, 1.54) is 77.6 Å². The number of benzene rings is 5. The van der Waals surface area contributed by atoms with Gasteiger partial charge in [0.1, 0.15) is 0 Å². The monoisotopic (exact) mass is 662 g/mol. The predicted octanol–water partition coefficient (Wildman–Crippen LogP) is 10.6. The van der Waals surface area contributed by atoms with Gasteiger partial charge in [0.25, 0.3) is 0 Å². The van der Waals surface area contributed by atoms with Gasteiger partial charge in [-0.05, 0) is 106 Å². The highest BCUT2D eigenvalue weighted by molar-refractivity contribution is 7.85. The van der Waals surface area contributed by atoms with Crippen LogP contribution in [0.3, 0.4) is 0 Å². The van der Waals surface area contributed by atoms with E-state index in [1.54, 1.807) is 0 Å². The summed E-state index contributed by atoms with van der Waals surface area (Å²) < 4.78 is 17.1. The summed E-state index contributed by atoms with van der Waals surface area (Å²) in [7, 11) is -1.27. The smallest absolute Gasteiger partial charge is 0.0855 e. The minimum Gasteiger partial charge on any atom is -0.309 e. The fourth-order valence-electron chi connectivity index (χ4n) is 10.0. The first-order valence-corrected chi connectivity index (χ1v) is 18.9. The first-order valence-electron chi connectivity index (χ1n) is 17.8. The van der Waals surface area contributed by atoms with Crippen LogP contribution in [0.2, 0.25) is 0 Å². The van der Waals surface area contributed by atoms with Gasteiger partial charge in [0.15, 0.2) is 0 Å². The number of hydrogen-bond donors (Lipinski definition) is 0. The number of hydrogen-bond acceptors (Lipinski definition) is 2. The molecule has 0 saturated heterocycles. The maximum absolute atomic E-state index is 14.6. The van der Waals surface area contributed by atoms with Gasteiger partial charge in [0.05, 0.1) is 27.2 Å². The van der Waals surface area contributed by atoms with Crippen LogP contribution in [0.4, 0.5) is 0 Å². The molecule has 0 N–H and O–H groups in total. The van der Waals surface area contributed by atoms with Gasteiger partial charge in [-0.1, -0.05) is 104 Å².